The number of aryl methyl sites for hydroxylation is 1. The summed E-state index contributed by atoms with van der Waals surface area (Å²) in [4.78, 5) is 19.4. The van der Waals surface area contributed by atoms with E-state index in [4.69, 9.17) is 4.98 Å². The van der Waals surface area contributed by atoms with Crippen LogP contribution in [0.25, 0.3) is 0 Å². The quantitative estimate of drug-likeness (QED) is 0.758. The second-order valence-corrected chi connectivity index (χ2v) is 7.28. The van der Waals surface area contributed by atoms with Crippen molar-refractivity contribution in [1.29, 1.82) is 0 Å². The minimum absolute atomic E-state index is 0.0374. The van der Waals surface area contributed by atoms with Gasteiger partial charge in [-0.25, -0.2) is 9.67 Å². The van der Waals surface area contributed by atoms with Crippen LogP contribution in [0.4, 0.5) is 0 Å². The van der Waals surface area contributed by atoms with Crippen LogP contribution in [0.5, 0.6) is 0 Å². The van der Waals surface area contributed by atoms with E-state index in [9.17, 15) is 4.79 Å². The van der Waals surface area contributed by atoms with Gasteiger partial charge in [0.15, 0.2) is 5.82 Å². The molecule has 2 heterocycles. The third kappa shape index (κ3) is 3.60. The minimum Gasteiger partial charge on any atom is -0.331 e. The average molecular weight is 338 g/mol. The highest BCUT2D eigenvalue weighted by atomic mass is 16.2. The lowest BCUT2D eigenvalue weighted by molar-refractivity contribution is -0.134. The summed E-state index contributed by atoms with van der Waals surface area (Å²) in [5.74, 6) is 2.76. The highest BCUT2D eigenvalue weighted by Crippen LogP contribution is 2.39. The normalized spacial score (nSPS) is 19.7. The molecule has 1 aromatic carbocycles. The number of fused-ring (bicyclic) bond motifs is 1. The van der Waals surface area contributed by atoms with Gasteiger partial charge < -0.3 is 4.90 Å². The number of carbonyl (C=O) groups is 1. The van der Waals surface area contributed by atoms with Gasteiger partial charge in [0.2, 0.25) is 5.91 Å². The highest BCUT2D eigenvalue weighted by Gasteiger charge is 2.34. The standard InChI is InChI=1S/C20H26N4O/c1-15-20-21-19(17-11-12-17)22-24(20)14-13-23(15)18(25)10-6-5-9-16-7-3-2-4-8-16/h2-4,7-8,15,17H,5-6,9-14H2,1H3/t15-/m1/s1. The first-order chi connectivity index (χ1) is 12.2. The molecular weight excluding hydrogens is 312 g/mol. The SMILES string of the molecule is C[C@@H]1c2nc(C3CC3)nn2CCN1C(=O)CCCCc1ccccc1. The first-order valence-corrected chi connectivity index (χ1v) is 9.50. The smallest absolute Gasteiger partial charge is 0.223 e. The predicted octanol–water partition coefficient (Wildman–Crippen LogP) is 3.47. The predicted molar refractivity (Wildman–Crippen MR) is 96.1 cm³/mol. The van der Waals surface area contributed by atoms with Crippen LogP contribution in [0.1, 0.15) is 68.2 Å². The van der Waals surface area contributed by atoms with Crippen molar-refractivity contribution in [2.75, 3.05) is 6.54 Å². The van der Waals surface area contributed by atoms with Crippen molar-refractivity contribution in [2.45, 2.75) is 64.0 Å². The van der Waals surface area contributed by atoms with E-state index >= 15 is 0 Å². The Balaban J connectivity index is 1.30. The topological polar surface area (TPSA) is 51.0 Å². The van der Waals surface area contributed by atoms with Crippen molar-refractivity contribution in [2.24, 2.45) is 0 Å². The number of rotatable bonds is 6. The number of nitrogens with zero attached hydrogens (tertiary/aromatic N) is 4. The Morgan fingerprint density at radius 2 is 1.96 bits per heavy atom. The van der Waals surface area contributed by atoms with Crippen LogP contribution >= 0.6 is 0 Å². The van der Waals surface area contributed by atoms with Gasteiger partial charge >= 0.3 is 0 Å². The van der Waals surface area contributed by atoms with E-state index < -0.39 is 0 Å². The van der Waals surface area contributed by atoms with Crippen LogP contribution in [-0.2, 0) is 17.8 Å². The van der Waals surface area contributed by atoms with Crippen molar-refractivity contribution in [3.63, 3.8) is 0 Å². The maximum Gasteiger partial charge on any atom is 0.223 e. The molecule has 1 fully saturated rings. The Kier molecular flexibility index (Phi) is 4.55. The van der Waals surface area contributed by atoms with Crippen LogP contribution in [0.15, 0.2) is 30.3 Å². The fourth-order valence-corrected chi connectivity index (χ4v) is 3.63. The van der Waals surface area contributed by atoms with Crippen molar-refractivity contribution in [3.8, 4) is 0 Å². The molecule has 132 valence electrons. The molecule has 25 heavy (non-hydrogen) atoms. The number of unbranched alkanes of at least 4 members (excludes halogenated alkanes) is 1. The molecule has 0 unspecified atom stereocenters. The number of carbonyl (C=O) groups excluding carboxylic acids is 1. The lowest BCUT2D eigenvalue weighted by atomic mass is 10.1. The monoisotopic (exact) mass is 338 g/mol. The van der Waals surface area contributed by atoms with Gasteiger partial charge in [0.05, 0.1) is 12.6 Å². The fraction of sp³-hybridized carbons (Fsp3) is 0.550. The summed E-state index contributed by atoms with van der Waals surface area (Å²) in [5.41, 5.74) is 1.35. The zero-order valence-corrected chi connectivity index (χ0v) is 14.9. The molecule has 0 saturated heterocycles. The average Bonchev–Trinajstić information content (AvgIpc) is 3.39. The van der Waals surface area contributed by atoms with Crippen molar-refractivity contribution in [1.82, 2.24) is 19.7 Å². The van der Waals surface area contributed by atoms with E-state index in [2.05, 4.69) is 36.3 Å². The zero-order valence-electron chi connectivity index (χ0n) is 14.9. The summed E-state index contributed by atoms with van der Waals surface area (Å²) in [6.07, 6.45) is 6.09. The maximum atomic E-state index is 12.7. The molecule has 1 aromatic heterocycles. The van der Waals surface area contributed by atoms with E-state index in [1.54, 1.807) is 0 Å². The molecular formula is C20H26N4O. The third-order valence-electron chi connectivity index (χ3n) is 5.32. The van der Waals surface area contributed by atoms with Gasteiger partial charge in [-0.15, -0.1) is 0 Å². The number of hydrogen-bond acceptors (Lipinski definition) is 3. The molecule has 2 aliphatic rings. The molecule has 0 N–H and O–H groups in total. The number of amides is 1. The lowest BCUT2D eigenvalue weighted by Gasteiger charge is -2.33. The Labute approximate surface area is 149 Å². The first-order valence-electron chi connectivity index (χ1n) is 9.50. The third-order valence-corrected chi connectivity index (χ3v) is 5.32. The fourth-order valence-electron chi connectivity index (χ4n) is 3.63. The molecule has 5 nitrogen and oxygen atoms in total. The van der Waals surface area contributed by atoms with Gasteiger partial charge in [0, 0.05) is 18.9 Å². The highest BCUT2D eigenvalue weighted by molar-refractivity contribution is 5.76. The van der Waals surface area contributed by atoms with Crippen LogP contribution in [0, 0.1) is 0 Å². The molecule has 2 aromatic rings. The molecule has 5 heteroatoms. The summed E-state index contributed by atoms with van der Waals surface area (Å²) < 4.78 is 2.01. The second kappa shape index (κ2) is 6.98. The molecule has 1 aliphatic heterocycles. The summed E-state index contributed by atoms with van der Waals surface area (Å²) >= 11 is 0. The van der Waals surface area contributed by atoms with E-state index in [0.29, 0.717) is 12.3 Å². The molecule has 1 amide bonds. The summed E-state index contributed by atoms with van der Waals surface area (Å²) in [6.45, 7) is 3.60. The van der Waals surface area contributed by atoms with Crippen LogP contribution < -0.4 is 0 Å². The van der Waals surface area contributed by atoms with Crippen LogP contribution in [-0.4, -0.2) is 32.1 Å². The van der Waals surface area contributed by atoms with Crippen molar-refractivity contribution >= 4 is 5.91 Å². The van der Waals surface area contributed by atoms with Gasteiger partial charge in [-0.2, -0.15) is 5.10 Å². The lowest BCUT2D eigenvalue weighted by Crippen LogP contribution is -2.41. The van der Waals surface area contributed by atoms with Crippen LogP contribution in [0.3, 0.4) is 0 Å². The Morgan fingerprint density at radius 1 is 1.16 bits per heavy atom. The minimum atomic E-state index is 0.0374. The van der Waals surface area contributed by atoms with Gasteiger partial charge in [0.1, 0.15) is 5.82 Å². The number of aromatic nitrogens is 3. The largest absolute Gasteiger partial charge is 0.331 e. The molecule has 0 spiro atoms. The Bertz CT molecular complexity index is 735. The summed E-state index contributed by atoms with van der Waals surface area (Å²) in [5, 5.41) is 4.63. The van der Waals surface area contributed by atoms with E-state index in [1.807, 2.05) is 15.6 Å². The molecule has 4 rings (SSSR count). The van der Waals surface area contributed by atoms with E-state index in [1.165, 1.54) is 18.4 Å². The maximum absolute atomic E-state index is 12.7. The summed E-state index contributed by atoms with van der Waals surface area (Å²) in [7, 11) is 0. The first kappa shape index (κ1) is 16.3. The summed E-state index contributed by atoms with van der Waals surface area (Å²) in [6, 6.07) is 10.5. The number of benzene rings is 1. The second-order valence-electron chi connectivity index (χ2n) is 7.28. The molecule has 0 bridgehead atoms. The Hall–Kier alpha value is -2.17. The van der Waals surface area contributed by atoms with Gasteiger partial charge in [0.25, 0.3) is 0 Å². The van der Waals surface area contributed by atoms with Gasteiger partial charge in [-0.3, -0.25) is 4.79 Å². The van der Waals surface area contributed by atoms with Gasteiger partial charge in [-0.1, -0.05) is 30.3 Å². The molecule has 1 aliphatic carbocycles. The van der Waals surface area contributed by atoms with Crippen LogP contribution in [0.2, 0.25) is 0 Å². The molecule has 1 atom stereocenters. The van der Waals surface area contributed by atoms with Crippen molar-refractivity contribution < 1.29 is 4.79 Å². The van der Waals surface area contributed by atoms with Gasteiger partial charge in [-0.05, 0) is 44.6 Å². The van der Waals surface area contributed by atoms with Crippen molar-refractivity contribution in [3.05, 3.63) is 47.5 Å². The Morgan fingerprint density at radius 3 is 2.72 bits per heavy atom. The molecule has 1 saturated carbocycles. The zero-order chi connectivity index (χ0) is 17.2. The van der Waals surface area contributed by atoms with E-state index in [0.717, 1.165) is 44.0 Å². The van der Waals surface area contributed by atoms with E-state index in [-0.39, 0.29) is 11.9 Å². The molecule has 0 radical (unpaired) electrons. The number of hydrogen-bond donors (Lipinski definition) is 0.